The minimum Gasteiger partial charge on any atom is -0.488 e. The number of rotatable bonds is 8. The van der Waals surface area contributed by atoms with E-state index in [-0.39, 0.29) is 54.9 Å². The molecular weight excluding hydrogens is 556 g/mol. The number of sulfonamides is 1. The van der Waals surface area contributed by atoms with Gasteiger partial charge in [-0.15, -0.1) is 0 Å². The van der Waals surface area contributed by atoms with Gasteiger partial charge in [0.25, 0.3) is 0 Å². The molecule has 0 spiro atoms. The number of ether oxygens (including phenoxy) is 1. The zero-order chi connectivity index (χ0) is 30.4. The third-order valence-corrected chi connectivity index (χ3v) is 10.1. The molecule has 1 aliphatic heterocycles. The summed E-state index contributed by atoms with van der Waals surface area (Å²) in [5, 5.41) is 15.8. The van der Waals surface area contributed by atoms with E-state index in [1.165, 1.54) is 17.8 Å². The van der Waals surface area contributed by atoms with Crippen molar-refractivity contribution in [1.82, 2.24) is 14.5 Å². The number of anilines is 1. The van der Waals surface area contributed by atoms with Crippen LogP contribution in [-0.2, 0) is 21.2 Å². The Morgan fingerprint density at radius 2 is 1.83 bits per heavy atom. The van der Waals surface area contributed by atoms with E-state index < -0.39 is 22.2 Å². The van der Waals surface area contributed by atoms with E-state index >= 15 is 0 Å². The van der Waals surface area contributed by atoms with Crippen LogP contribution in [0, 0.1) is 12.8 Å². The Morgan fingerprint density at radius 3 is 2.50 bits per heavy atom. The average molecular weight is 601 g/mol. The van der Waals surface area contributed by atoms with Gasteiger partial charge in [-0.3, -0.25) is 4.79 Å². The van der Waals surface area contributed by atoms with Crippen molar-refractivity contribution in [2.45, 2.75) is 82.4 Å². The van der Waals surface area contributed by atoms with Crippen LogP contribution in [0.2, 0.25) is 0 Å². The maximum atomic E-state index is 13.5. The van der Waals surface area contributed by atoms with E-state index in [0.29, 0.717) is 17.0 Å². The second-order valence-electron chi connectivity index (χ2n) is 11.7. The van der Waals surface area contributed by atoms with Crippen LogP contribution in [0.3, 0.4) is 0 Å². The maximum Gasteiger partial charge on any atom is 0.319 e. The number of nitrogens with one attached hydrogen (secondary N) is 2. The fraction of sp³-hybridized carbons (Fsp3) is 0.548. The van der Waals surface area contributed by atoms with Crippen molar-refractivity contribution >= 4 is 27.6 Å². The van der Waals surface area contributed by atoms with Crippen LogP contribution >= 0.6 is 0 Å². The number of urea groups is 1. The molecule has 1 aliphatic carbocycles. The molecule has 2 aliphatic rings. The molecule has 42 heavy (non-hydrogen) atoms. The Labute approximate surface area is 249 Å². The predicted molar refractivity (Wildman–Crippen MR) is 162 cm³/mol. The molecule has 1 heterocycles. The summed E-state index contributed by atoms with van der Waals surface area (Å²) in [6.07, 6.45) is 4.74. The Morgan fingerprint density at radius 1 is 1.14 bits per heavy atom. The number of amides is 3. The average Bonchev–Trinajstić information content (AvgIpc) is 3.00. The predicted octanol–water partition coefficient (Wildman–Crippen LogP) is 3.92. The minimum absolute atomic E-state index is 0.0103. The van der Waals surface area contributed by atoms with Gasteiger partial charge in [0.2, 0.25) is 15.9 Å². The van der Waals surface area contributed by atoms with Gasteiger partial charge >= 0.3 is 6.03 Å². The van der Waals surface area contributed by atoms with Gasteiger partial charge in [-0.1, -0.05) is 43.9 Å². The molecule has 3 atom stereocenters. The standard InChI is InChI=1S/C31H44N4O6S/c1-21-10-13-27(14-11-21)42(39,40)34(4)19-29-22(2)18-35(23(3)20-36)30(37)17-24-16-26(12-15-28(24)41-29)33-31(38)32-25-8-6-5-7-9-25/h10-16,22-23,25,29,36H,5-9,17-20H2,1-4H3,(H2,32,33,38)/t22-,23-,29+/m1/s1. The number of benzene rings is 2. The highest BCUT2D eigenvalue weighted by molar-refractivity contribution is 7.89. The summed E-state index contributed by atoms with van der Waals surface area (Å²) in [4.78, 5) is 28.0. The first-order valence-electron chi connectivity index (χ1n) is 14.8. The first-order chi connectivity index (χ1) is 20.0. The topological polar surface area (TPSA) is 128 Å². The Balaban J connectivity index is 1.59. The fourth-order valence-corrected chi connectivity index (χ4v) is 6.75. The number of hydrogen-bond acceptors (Lipinski definition) is 6. The van der Waals surface area contributed by atoms with Crippen molar-refractivity contribution in [2.75, 3.05) is 32.1 Å². The largest absolute Gasteiger partial charge is 0.488 e. The molecule has 3 amide bonds. The van der Waals surface area contributed by atoms with E-state index in [1.54, 1.807) is 54.3 Å². The number of aliphatic hydroxyl groups is 1. The van der Waals surface area contributed by atoms with E-state index in [0.717, 1.165) is 31.2 Å². The van der Waals surface area contributed by atoms with Crippen LogP contribution in [0.25, 0.3) is 0 Å². The molecule has 0 saturated heterocycles. The Kier molecular flexibility index (Phi) is 10.5. The first-order valence-corrected chi connectivity index (χ1v) is 16.2. The van der Waals surface area contributed by atoms with Crippen molar-refractivity contribution in [2.24, 2.45) is 5.92 Å². The highest BCUT2D eigenvalue weighted by Gasteiger charge is 2.33. The Hall–Kier alpha value is -3.15. The normalized spacial score (nSPS) is 21.0. The summed E-state index contributed by atoms with van der Waals surface area (Å²) in [6, 6.07) is 11.3. The minimum atomic E-state index is -3.79. The molecule has 1 saturated carbocycles. The number of fused-ring (bicyclic) bond motifs is 1. The molecule has 11 heteroatoms. The molecule has 0 aromatic heterocycles. The quantitative estimate of drug-likeness (QED) is 0.422. The fourth-order valence-electron chi connectivity index (χ4n) is 5.57. The van der Waals surface area contributed by atoms with Crippen LogP contribution in [0.1, 0.15) is 57.1 Å². The van der Waals surface area contributed by atoms with Crippen LogP contribution in [0.5, 0.6) is 5.75 Å². The van der Waals surface area contributed by atoms with Crippen molar-refractivity contribution < 1.29 is 27.9 Å². The zero-order valence-corrected chi connectivity index (χ0v) is 25.8. The lowest BCUT2D eigenvalue weighted by atomic mass is 9.96. The third-order valence-electron chi connectivity index (χ3n) is 8.28. The van der Waals surface area contributed by atoms with Crippen LogP contribution in [-0.4, -0.2) is 79.6 Å². The second-order valence-corrected chi connectivity index (χ2v) is 13.8. The number of aryl methyl sites for hydroxylation is 1. The molecule has 2 aromatic rings. The van der Waals surface area contributed by atoms with Gasteiger partial charge in [0.05, 0.1) is 30.5 Å². The summed E-state index contributed by atoms with van der Waals surface area (Å²) in [5.41, 5.74) is 2.07. The SMILES string of the molecule is Cc1ccc(S(=O)(=O)N(C)C[C@@H]2Oc3ccc(NC(=O)NC4CCCCC4)cc3CC(=O)N([C@H](C)CO)C[C@H]2C)cc1. The molecule has 0 radical (unpaired) electrons. The summed E-state index contributed by atoms with van der Waals surface area (Å²) in [5.74, 6) is 0.0139. The van der Waals surface area contributed by atoms with E-state index in [2.05, 4.69) is 10.6 Å². The van der Waals surface area contributed by atoms with E-state index in [4.69, 9.17) is 4.74 Å². The molecule has 0 unspecified atom stereocenters. The van der Waals surface area contributed by atoms with Crippen LogP contribution in [0.4, 0.5) is 10.5 Å². The lowest BCUT2D eigenvalue weighted by Crippen LogP contribution is -2.48. The molecule has 10 nitrogen and oxygen atoms in total. The number of aliphatic hydroxyl groups excluding tert-OH is 1. The maximum absolute atomic E-state index is 13.5. The molecule has 0 bridgehead atoms. The number of hydrogen-bond donors (Lipinski definition) is 3. The number of nitrogens with zero attached hydrogens (tertiary/aromatic N) is 2. The summed E-state index contributed by atoms with van der Waals surface area (Å²) in [6.45, 7) is 5.72. The number of carbonyl (C=O) groups is 2. The van der Waals surface area contributed by atoms with Crippen molar-refractivity contribution in [3.05, 3.63) is 53.6 Å². The Bertz CT molecular complexity index is 1340. The van der Waals surface area contributed by atoms with Crippen LogP contribution < -0.4 is 15.4 Å². The van der Waals surface area contributed by atoms with Gasteiger partial charge < -0.3 is 25.4 Å². The number of carbonyl (C=O) groups excluding carboxylic acids is 2. The molecule has 230 valence electrons. The lowest BCUT2D eigenvalue weighted by Gasteiger charge is -2.33. The molecule has 3 N–H and O–H groups in total. The molecular formula is C31H44N4O6S. The lowest BCUT2D eigenvalue weighted by molar-refractivity contribution is -0.134. The van der Waals surface area contributed by atoms with Gasteiger partial charge in [-0.05, 0) is 57.0 Å². The van der Waals surface area contributed by atoms with Gasteiger partial charge in [0.1, 0.15) is 11.9 Å². The highest BCUT2D eigenvalue weighted by Crippen LogP contribution is 2.30. The smallest absolute Gasteiger partial charge is 0.319 e. The summed E-state index contributed by atoms with van der Waals surface area (Å²) >= 11 is 0. The first kappa shape index (κ1) is 31.8. The van der Waals surface area contributed by atoms with E-state index in [1.807, 2.05) is 13.8 Å². The molecule has 1 fully saturated rings. The zero-order valence-electron chi connectivity index (χ0n) is 25.0. The van der Waals surface area contributed by atoms with Gasteiger partial charge in [-0.2, -0.15) is 4.31 Å². The second kappa shape index (κ2) is 13.9. The molecule has 2 aromatic carbocycles. The third kappa shape index (κ3) is 7.81. The summed E-state index contributed by atoms with van der Waals surface area (Å²) in [7, 11) is -2.26. The van der Waals surface area contributed by atoms with Crippen molar-refractivity contribution in [1.29, 1.82) is 0 Å². The monoisotopic (exact) mass is 600 g/mol. The van der Waals surface area contributed by atoms with Crippen LogP contribution in [0.15, 0.2) is 47.4 Å². The van der Waals surface area contributed by atoms with Crippen molar-refractivity contribution in [3.63, 3.8) is 0 Å². The van der Waals surface area contributed by atoms with E-state index in [9.17, 15) is 23.1 Å². The van der Waals surface area contributed by atoms with Gasteiger partial charge in [0.15, 0.2) is 0 Å². The molecule has 4 rings (SSSR count). The van der Waals surface area contributed by atoms with Gasteiger partial charge in [0, 0.05) is 36.8 Å². The number of likely N-dealkylation sites (N-methyl/N-ethyl adjacent to an activating group) is 1. The summed E-state index contributed by atoms with van der Waals surface area (Å²) < 4.78 is 34.5. The van der Waals surface area contributed by atoms with Crippen molar-refractivity contribution in [3.8, 4) is 5.75 Å². The van der Waals surface area contributed by atoms with Gasteiger partial charge in [-0.25, -0.2) is 13.2 Å². The highest BCUT2D eigenvalue weighted by atomic mass is 32.2.